The third-order valence-corrected chi connectivity index (χ3v) is 4.99. The van der Waals surface area contributed by atoms with Crippen molar-refractivity contribution < 1.29 is 14.3 Å². The molecule has 6 heteroatoms. The Balaban J connectivity index is 1.43. The summed E-state index contributed by atoms with van der Waals surface area (Å²) < 4.78 is 13.6. The van der Waals surface area contributed by atoms with Crippen LogP contribution in [0.1, 0.15) is 31.5 Å². The van der Waals surface area contributed by atoms with E-state index in [2.05, 4.69) is 9.55 Å². The summed E-state index contributed by atoms with van der Waals surface area (Å²) in [6.45, 7) is 4.45. The van der Waals surface area contributed by atoms with Crippen LogP contribution in [-0.2, 0) is 27.4 Å². The molecule has 6 nitrogen and oxygen atoms in total. The monoisotopic (exact) mass is 319 g/mol. The lowest BCUT2D eigenvalue weighted by Crippen LogP contribution is -2.41. The molecule has 1 saturated heterocycles. The van der Waals surface area contributed by atoms with Gasteiger partial charge in [0.05, 0.1) is 13.2 Å². The van der Waals surface area contributed by atoms with Gasteiger partial charge in [0.15, 0.2) is 0 Å². The number of aromatic nitrogens is 2. The molecule has 0 bridgehead atoms. The summed E-state index contributed by atoms with van der Waals surface area (Å²) in [5.74, 6) is 2.16. The highest BCUT2D eigenvalue weighted by Gasteiger charge is 2.32. The molecular weight excluding hydrogens is 294 g/mol. The Bertz CT molecular complexity index is 549. The number of amides is 1. The number of nitrogens with zero attached hydrogens (tertiary/aromatic N) is 3. The number of hydrogen-bond acceptors (Lipinski definition) is 4. The number of carbonyl (C=O) groups excluding carboxylic acids is 1. The molecule has 2 aliphatic heterocycles. The molecule has 23 heavy (non-hydrogen) atoms. The molecule has 0 unspecified atom stereocenters. The zero-order valence-corrected chi connectivity index (χ0v) is 13.5. The molecule has 0 spiro atoms. The molecule has 1 aliphatic carbocycles. The van der Waals surface area contributed by atoms with Gasteiger partial charge in [-0.15, -0.1) is 0 Å². The summed E-state index contributed by atoms with van der Waals surface area (Å²) in [4.78, 5) is 19.1. The molecule has 3 heterocycles. The lowest BCUT2D eigenvalue weighted by molar-refractivity contribution is -0.142. The first-order valence-electron chi connectivity index (χ1n) is 8.78. The summed E-state index contributed by atoms with van der Waals surface area (Å²) in [6.07, 6.45) is 7.99. The van der Waals surface area contributed by atoms with Gasteiger partial charge in [0.25, 0.3) is 5.91 Å². The average Bonchev–Trinajstić information content (AvgIpc) is 3.07. The van der Waals surface area contributed by atoms with Crippen LogP contribution in [0, 0.1) is 11.8 Å². The summed E-state index contributed by atoms with van der Waals surface area (Å²) in [7, 11) is 0. The van der Waals surface area contributed by atoms with Gasteiger partial charge in [-0.25, -0.2) is 4.98 Å². The van der Waals surface area contributed by atoms with Crippen molar-refractivity contribution in [1.82, 2.24) is 14.5 Å². The van der Waals surface area contributed by atoms with Gasteiger partial charge in [-0.3, -0.25) is 4.79 Å². The molecule has 0 aromatic carbocycles. The molecule has 0 radical (unpaired) electrons. The van der Waals surface area contributed by atoms with E-state index in [4.69, 9.17) is 9.47 Å². The van der Waals surface area contributed by atoms with Crippen molar-refractivity contribution in [1.29, 1.82) is 0 Å². The van der Waals surface area contributed by atoms with Crippen LogP contribution in [0.3, 0.4) is 0 Å². The van der Waals surface area contributed by atoms with Crippen LogP contribution in [0.5, 0.6) is 0 Å². The van der Waals surface area contributed by atoms with Crippen LogP contribution in [-0.4, -0.2) is 52.8 Å². The Morgan fingerprint density at radius 3 is 2.91 bits per heavy atom. The van der Waals surface area contributed by atoms with E-state index in [1.165, 1.54) is 12.8 Å². The zero-order valence-electron chi connectivity index (χ0n) is 13.5. The van der Waals surface area contributed by atoms with E-state index in [-0.39, 0.29) is 12.0 Å². The highest BCUT2D eigenvalue weighted by molar-refractivity contribution is 5.81. The minimum Gasteiger partial charge on any atom is -0.381 e. The van der Waals surface area contributed by atoms with Crippen LogP contribution in [0.4, 0.5) is 0 Å². The smallest absolute Gasteiger partial charge is 0.252 e. The predicted molar refractivity (Wildman–Crippen MR) is 83.7 cm³/mol. The van der Waals surface area contributed by atoms with Crippen LogP contribution < -0.4 is 0 Å². The topological polar surface area (TPSA) is 56.6 Å². The van der Waals surface area contributed by atoms with Crippen molar-refractivity contribution in [2.24, 2.45) is 11.8 Å². The Morgan fingerprint density at radius 2 is 2.13 bits per heavy atom. The Labute approximate surface area is 136 Å². The normalized spacial score (nSPS) is 27.7. The van der Waals surface area contributed by atoms with Crippen molar-refractivity contribution >= 4 is 5.91 Å². The molecule has 1 aromatic heterocycles. The fraction of sp³-hybridized carbons (Fsp3) is 0.765. The molecule has 4 rings (SSSR count). The largest absolute Gasteiger partial charge is 0.381 e. The first kappa shape index (κ1) is 15.1. The molecule has 1 amide bonds. The predicted octanol–water partition coefficient (Wildman–Crippen LogP) is 1.45. The van der Waals surface area contributed by atoms with Gasteiger partial charge in [0, 0.05) is 44.6 Å². The average molecular weight is 319 g/mol. The molecule has 1 saturated carbocycles. The maximum Gasteiger partial charge on any atom is 0.252 e. The lowest BCUT2D eigenvalue weighted by Gasteiger charge is -2.26. The minimum atomic E-state index is -0.260. The first-order valence-corrected chi connectivity index (χ1v) is 8.78. The Hall–Kier alpha value is -1.40. The molecular formula is C17H25N3O3. The second-order valence-corrected chi connectivity index (χ2v) is 7.06. The standard InChI is InChI=1S/C17H25N3O3/c21-17(15-2-1-7-23-15)20-9-14(12-22-11-13-3-4-13)8-19-6-5-18-16(19)10-20/h5-6,13-15H,1-4,7-12H2/t14-,15+/m1/s1. The minimum absolute atomic E-state index is 0.117. The third-order valence-electron chi connectivity index (χ3n) is 4.99. The number of hydrogen-bond donors (Lipinski definition) is 0. The molecule has 3 aliphatic rings. The van der Waals surface area contributed by atoms with Gasteiger partial charge in [-0.2, -0.15) is 0 Å². The van der Waals surface area contributed by atoms with E-state index in [9.17, 15) is 4.79 Å². The van der Waals surface area contributed by atoms with E-state index in [0.29, 0.717) is 25.7 Å². The van der Waals surface area contributed by atoms with Crippen molar-refractivity contribution in [2.45, 2.75) is 44.9 Å². The number of ether oxygens (including phenoxy) is 2. The van der Waals surface area contributed by atoms with Crippen LogP contribution in [0.15, 0.2) is 12.4 Å². The summed E-state index contributed by atoms with van der Waals surface area (Å²) >= 11 is 0. The second kappa shape index (κ2) is 6.61. The molecule has 2 atom stereocenters. The molecule has 1 aromatic rings. The van der Waals surface area contributed by atoms with Gasteiger partial charge < -0.3 is 18.9 Å². The van der Waals surface area contributed by atoms with Crippen molar-refractivity contribution in [2.75, 3.05) is 26.4 Å². The van der Waals surface area contributed by atoms with Gasteiger partial charge in [0.1, 0.15) is 11.9 Å². The van der Waals surface area contributed by atoms with Gasteiger partial charge in [-0.1, -0.05) is 0 Å². The van der Waals surface area contributed by atoms with Crippen LogP contribution >= 0.6 is 0 Å². The third kappa shape index (κ3) is 3.58. The zero-order chi connectivity index (χ0) is 15.6. The van der Waals surface area contributed by atoms with Crippen LogP contribution in [0.25, 0.3) is 0 Å². The summed E-state index contributed by atoms with van der Waals surface area (Å²) in [5, 5.41) is 0. The maximum absolute atomic E-state index is 12.7. The van der Waals surface area contributed by atoms with Crippen molar-refractivity contribution in [3.05, 3.63) is 18.2 Å². The Kier molecular flexibility index (Phi) is 4.35. The number of imidazole rings is 1. The second-order valence-electron chi connectivity index (χ2n) is 7.06. The summed E-state index contributed by atoms with van der Waals surface area (Å²) in [5.41, 5.74) is 0. The summed E-state index contributed by atoms with van der Waals surface area (Å²) in [6, 6.07) is 0. The van der Waals surface area contributed by atoms with E-state index >= 15 is 0 Å². The van der Waals surface area contributed by atoms with Crippen molar-refractivity contribution in [3.63, 3.8) is 0 Å². The lowest BCUT2D eigenvalue weighted by atomic mass is 10.1. The van der Waals surface area contributed by atoms with Crippen LogP contribution in [0.2, 0.25) is 0 Å². The van der Waals surface area contributed by atoms with E-state index in [1.807, 2.05) is 17.3 Å². The van der Waals surface area contributed by atoms with E-state index in [0.717, 1.165) is 44.3 Å². The van der Waals surface area contributed by atoms with Gasteiger partial charge in [0.2, 0.25) is 0 Å². The number of carbonyl (C=O) groups is 1. The van der Waals surface area contributed by atoms with Crippen molar-refractivity contribution in [3.8, 4) is 0 Å². The fourth-order valence-electron chi connectivity index (χ4n) is 3.48. The maximum atomic E-state index is 12.7. The molecule has 126 valence electrons. The van der Waals surface area contributed by atoms with Gasteiger partial charge in [-0.05, 0) is 31.6 Å². The SMILES string of the molecule is O=C([C@@H]1CCCO1)N1Cc2nccn2C[C@@H](COCC2CC2)C1. The molecule has 2 fully saturated rings. The first-order chi connectivity index (χ1) is 11.3. The van der Waals surface area contributed by atoms with E-state index < -0.39 is 0 Å². The van der Waals surface area contributed by atoms with Gasteiger partial charge >= 0.3 is 0 Å². The number of fused-ring (bicyclic) bond motifs is 1. The highest BCUT2D eigenvalue weighted by Crippen LogP contribution is 2.29. The Morgan fingerprint density at radius 1 is 1.26 bits per heavy atom. The molecule has 0 N–H and O–H groups in total. The van der Waals surface area contributed by atoms with E-state index in [1.54, 1.807) is 0 Å². The fourth-order valence-corrected chi connectivity index (χ4v) is 3.48. The number of rotatable bonds is 5. The highest BCUT2D eigenvalue weighted by atomic mass is 16.5. The quantitative estimate of drug-likeness (QED) is 0.824.